The highest BCUT2D eigenvalue weighted by Crippen LogP contribution is 2.21. The number of aryl methyl sites for hydroxylation is 1. The summed E-state index contributed by atoms with van der Waals surface area (Å²) in [5, 5.41) is 7.84. The number of furan rings is 1. The molecule has 0 saturated heterocycles. The van der Waals surface area contributed by atoms with Crippen molar-refractivity contribution in [3.8, 4) is 11.5 Å². The van der Waals surface area contributed by atoms with E-state index in [9.17, 15) is 4.79 Å². The number of nitrogens with one attached hydrogen (secondary N) is 1. The van der Waals surface area contributed by atoms with Crippen LogP contribution in [0.1, 0.15) is 11.3 Å². The Hall–Kier alpha value is -2.53. The molecule has 1 amide bonds. The summed E-state index contributed by atoms with van der Waals surface area (Å²) in [6.45, 7) is 2.38. The highest BCUT2D eigenvalue weighted by Gasteiger charge is 2.13. The standard InChI is InChI=1S/C17H16ClN3O2/c1-12-9-15(16-7-4-8-23-16)21(20-12)11-17(22)19-10-13-5-2-3-6-14(13)18/h2-9H,10-11H2,1H3,(H,19,22). The Morgan fingerprint density at radius 3 is 2.87 bits per heavy atom. The van der Waals surface area contributed by atoms with Gasteiger partial charge in [-0.2, -0.15) is 5.10 Å². The van der Waals surface area contributed by atoms with E-state index in [0.717, 1.165) is 17.0 Å². The van der Waals surface area contributed by atoms with Crippen molar-refractivity contribution >= 4 is 17.5 Å². The van der Waals surface area contributed by atoms with E-state index in [1.165, 1.54) is 0 Å². The minimum atomic E-state index is -0.138. The lowest BCUT2D eigenvalue weighted by Crippen LogP contribution is -2.28. The number of halogens is 1. The Labute approximate surface area is 138 Å². The van der Waals surface area contributed by atoms with Crippen molar-refractivity contribution in [2.45, 2.75) is 20.0 Å². The summed E-state index contributed by atoms with van der Waals surface area (Å²) in [5.74, 6) is 0.547. The molecule has 6 heteroatoms. The van der Waals surface area contributed by atoms with Gasteiger partial charge in [0.15, 0.2) is 5.76 Å². The molecule has 23 heavy (non-hydrogen) atoms. The van der Waals surface area contributed by atoms with Crippen molar-refractivity contribution in [2.24, 2.45) is 0 Å². The third-order valence-corrected chi connectivity index (χ3v) is 3.77. The van der Waals surface area contributed by atoms with Crippen molar-refractivity contribution in [3.05, 3.63) is 65.0 Å². The van der Waals surface area contributed by atoms with Crippen LogP contribution in [0, 0.1) is 6.92 Å². The van der Waals surface area contributed by atoms with E-state index in [0.29, 0.717) is 17.3 Å². The van der Waals surface area contributed by atoms with Gasteiger partial charge >= 0.3 is 0 Å². The number of hydrogen-bond donors (Lipinski definition) is 1. The molecule has 3 rings (SSSR count). The molecule has 1 aromatic carbocycles. The van der Waals surface area contributed by atoms with Crippen LogP contribution in [0.15, 0.2) is 53.1 Å². The first-order valence-electron chi connectivity index (χ1n) is 7.22. The van der Waals surface area contributed by atoms with Crippen LogP contribution in [-0.2, 0) is 17.9 Å². The van der Waals surface area contributed by atoms with E-state index in [4.69, 9.17) is 16.0 Å². The molecule has 118 valence electrons. The van der Waals surface area contributed by atoms with E-state index < -0.39 is 0 Å². The fraction of sp³-hybridized carbons (Fsp3) is 0.176. The van der Waals surface area contributed by atoms with E-state index in [1.54, 1.807) is 23.1 Å². The predicted molar refractivity (Wildman–Crippen MR) is 88.0 cm³/mol. The zero-order valence-corrected chi connectivity index (χ0v) is 13.4. The molecule has 0 spiro atoms. The van der Waals surface area contributed by atoms with Crippen molar-refractivity contribution in [3.63, 3.8) is 0 Å². The minimum absolute atomic E-state index is 0.119. The van der Waals surface area contributed by atoms with Gasteiger partial charge in [0.2, 0.25) is 5.91 Å². The largest absolute Gasteiger partial charge is 0.463 e. The van der Waals surface area contributed by atoms with Crippen molar-refractivity contribution in [2.75, 3.05) is 0 Å². The first-order chi connectivity index (χ1) is 11.1. The maximum absolute atomic E-state index is 12.2. The molecular weight excluding hydrogens is 314 g/mol. The Balaban J connectivity index is 1.68. The van der Waals surface area contributed by atoms with Crippen molar-refractivity contribution in [1.29, 1.82) is 0 Å². The zero-order valence-electron chi connectivity index (χ0n) is 12.6. The molecule has 2 heterocycles. The first-order valence-corrected chi connectivity index (χ1v) is 7.60. The Morgan fingerprint density at radius 2 is 2.13 bits per heavy atom. The summed E-state index contributed by atoms with van der Waals surface area (Å²) in [7, 11) is 0. The third kappa shape index (κ3) is 3.63. The van der Waals surface area contributed by atoms with Crippen LogP contribution in [0.5, 0.6) is 0 Å². The number of hydrogen-bond acceptors (Lipinski definition) is 3. The predicted octanol–water partition coefficient (Wildman–Crippen LogP) is 3.42. The summed E-state index contributed by atoms with van der Waals surface area (Å²) < 4.78 is 7.03. The molecule has 3 aromatic rings. The van der Waals surface area contributed by atoms with E-state index in [1.807, 2.05) is 37.3 Å². The van der Waals surface area contributed by atoms with E-state index in [2.05, 4.69) is 10.4 Å². The number of nitrogens with zero attached hydrogens (tertiary/aromatic N) is 2. The quantitative estimate of drug-likeness (QED) is 0.780. The number of aromatic nitrogens is 2. The topological polar surface area (TPSA) is 60.1 Å². The van der Waals surface area contributed by atoms with Gasteiger partial charge in [-0.3, -0.25) is 9.48 Å². The summed E-state index contributed by atoms with van der Waals surface area (Å²) in [4.78, 5) is 12.2. The lowest BCUT2D eigenvalue weighted by Gasteiger charge is -2.08. The van der Waals surface area contributed by atoms with Gasteiger partial charge in [0.05, 0.1) is 12.0 Å². The number of carbonyl (C=O) groups excluding carboxylic acids is 1. The van der Waals surface area contributed by atoms with Crippen LogP contribution in [0.4, 0.5) is 0 Å². The van der Waals surface area contributed by atoms with E-state index in [-0.39, 0.29) is 12.5 Å². The second-order valence-electron chi connectivity index (χ2n) is 5.17. The van der Waals surface area contributed by atoms with Gasteiger partial charge in [0, 0.05) is 11.6 Å². The van der Waals surface area contributed by atoms with Gasteiger partial charge in [0.25, 0.3) is 0 Å². The maximum atomic E-state index is 12.2. The van der Waals surface area contributed by atoms with Gasteiger partial charge in [-0.05, 0) is 36.8 Å². The maximum Gasteiger partial charge on any atom is 0.242 e. The lowest BCUT2D eigenvalue weighted by atomic mass is 10.2. The molecule has 0 aliphatic rings. The number of amides is 1. The van der Waals surface area contributed by atoms with Crippen LogP contribution in [0.3, 0.4) is 0 Å². The van der Waals surface area contributed by atoms with Gasteiger partial charge in [0.1, 0.15) is 12.2 Å². The lowest BCUT2D eigenvalue weighted by molar-refractivity contribution is -0.122. The fourth-order valence-corrected chi connectivity index (χ4v) is 2.52. The van der Waals surface area contributed by atoms with Crippen LogP contribution in [-0.4, -0.2) is 15.7 Å². The molecule has 0 fully saturated rings. The molecule has 0 radical (unpaired) electrons. The Bertz CT molecular complexity index is 809. The third-order valence-electron chi connectivity index (χ3n) is 3.40. The van der Waals surface area contributed by atoms with Crippen LogP contribution >= 0.6 is 11.6 Å². The SMILES string of the molecule is Cc1cc(-c2ccco2)n(CC(=O)NCc2ccccc2Cl)n1. The van der Waals surface area contributed by atoms with Gasteiger partial charge in [-0.1, -0.05) is 29.8 Å². The molecule has 2 aromatic heterocycles. The zero-order chi connectivity index (χ0) is 16.2. The van der Waals surface area contributed by atoms with Crippen LogP contribution < -0.4 is 5.32 Å². The first kappa shape index (κ1) is 15.4. The molecule has 0 aliphatic heterocycles. The summed E-state index contributed by atoms with van der Waals surface area (Å²) in [6, 6.07) is 13.0. The molecule has 0 unspecified atom stereocenters. The fourth-order valence-electron chi connectivity index (χ4n) is 2.32. The van der Waals surface area contributed by atoms with Gasteiger partial charge < -0.3 is 9.73 Å². The number of benzene rings is 1. The summed E-state index contributed by atoms with van der Waals surface area (Å²) in [6.07, 6.45) is 1.60. The van der Waals surface area contributed by atoms with E-state index >= 15 is 0 Å². The smallest absolute Gasteiger partial charge is 0.242 e. The van der Waals surface area contributed by atoms with Crippen LogP contribution in [0.25, 0.3) is 11.5 Å². The molecule has 5 nitrogen and oxygen atoms in total. The molecule has 0 saturated carbocycles. The average molecular weight is 330 g/mol. The molecule has 0 atom stereocenters. The average Bonchev–Trinajstić information content (AvgIpc) is 3.16. The highest BCUT2D eigenvalue weighted by molar-refractivity contribution is 6.31. The Kier molecular flexibility index (Phi) is 4.48. The molecular formula is C17H16ClN3O2. The number of rotatable bonds is 5. The molecule has 0 aliphatic carbocycles. The molecule has 1 N–H and O–H groups in total. The van der Waals surface area contributed by atoms with Gasteiger partial charge in [-0.15, -0.1) is 0 Å². The minimum Gasteiger partial charge on any atom is -0.463 e. The summed E-state index contributed by atoms with van der Waals surface area (Å²) >= 11 is 6.08. The van der Waals surface area contributed by atoms with Crippen molar-refractivity contribution < 1.29 is 9.21 Å². The van der Waals surface area contributed by atoms with Gasteiger partial charge in [-0.25, -0.2) is 0 Å². The van der Waals surface area contributed by atoms with Crippen LogP contribution in [0.2, 0.25) is 5.02 Å². The monoisotopic (exact) mass is 329 g/mol. The normalized spacial score (nSPS) is 10.7. The summed E-state index contributed by atoms with van der Waals surface area (Å²) in [5.41, 5.74) is 2.49. The highest BCUT2D eigenvalue weighted by atomic mass is 35.5. The van der Waals surface area contributed by atoms with Crippen molar-refractivity contribution in [1.82, 2.24) is 15.1 Å². The second-order valence-corrected chi connectivity index (χ2v) is 5.58. The Morgan fingerprint density at radius 1 is 1.30 bits per heavy atom. The number of carbonyl (C=O) groups is 1. The second kappa shape index (κ2) is 6.71. The molecule has 0 bridgehead atoms.